The number of fused-ring (bicyclic) bond motifs is 1. The van der Waals surface area contributed by atoms with Crippen LogP contribution in [-0.2, 0) is 17.8 Å². The van der Waals surface area contributed by atoms with Gasteiger partial charge in [-0.1, -0.05) is 18.2 Å². The molecule has 4 nitrogen and oxygen atoms in total. The summed E-state index contributed by atoms with van der Waals surface area (Å²) in [5.74, 6) is -0.394. The number of carbonyl (C=O) groups is 1. The second kappa shape index (κ2) is 5.81. The van der Waals surface area contributed by atoms with Gasteiger partial charge in [-0.3, -0.25) is 4.79 Å². The van der Waals surface area contributed by atoms with Gasteiger partial charge in [-0.05, 0) is 18.6 Å². The number of likely N-dealkylation sites (tertiary alicyclic amines) is 1. The number of hydrogen-bond acceptors (Lipinski definition) is 2. The molecule has 1 aromatic heterocycles. The summed E-state index contributed by atoms with van der Waals surface area (Å²) < 4.78 is 40.6. The van der Waals surface area contributed by atoms with Crippen LogP contribution in [-0.4, -0.2) is 45.3 Å². The molecular weight excluding hydrogens is 321 g/mol. The molecule has 1 aliphatic rings. The third-order valence-electron chi connectivity index (χ3n) is 4.68. The molecule has 0 radical (unpaired) electrons. The Morgan fingerprint density at radius 3 is 2.67 bits per heavy atom. The smallest absolute Gasteiger partial charge is 0.379 e. The highest BCUT2D eigenvalue weighted by molar-refractivity contribution is 5.89. The Morgan fingerprint density at radius 1 is 1.33 bits per heavy atom. The summed E-state index contributed by atoms with van der Waals surface area (Å²) >= 11 is 0. The van der Waals surface area contributed by atoms with Crippen molar-refractivity contribution in [2.75, 3.05) is 13.1 Å². The molecule has 7 heteroatoms. The van der Waals surface area contributed by atoms with Crippen LogP contribution in [0.3, 0.4) is 0 Å². The van der Waals surface area contributed by atoms with Crippen molar-refractivity contribution in [2.45, 2.75) is 38.1 Å². The van der Waals surface area contributed by atoms with Gasteiger partial charge < -0.3 is 14.6 Å². The third kappa shape index (κ3) is 2.77. The summed E-state index contributed by atoms with van der Waals surface area (Å²) in [7, 11) is 0. The number of rotatable bonds is 3. The summed E-state index contributed by atoms with van der Waals surface area (Å²) in [6, 6.07) is 7.63. The Balaban J connectivity index is 1.79. The molecule has 0 unspecified atom stereocenters. The highest BCUT2D eigenvalue weighted by atomic mass is 19.4. The van der Waals surface area contributed by atoms with Crippen molar-refractivity contribution in [3.05, 3.63) is 36.0 Å². The summed E-state index contributed by atoms with van der Waals surface area (Å²) in [6.07, 6.45) is -3.30. The van der Waals surface area contributed by atoms with Gasteiger partial charge in [-0.15, -0.1) is 0 Å². The van der Waals surface area contributed by atoms with E-state index >= 15 is 0 Å². The van der Waals surface area contributed by atoms with Gasteiger partial charge in [0.1, 0.15) is 0 Å². The monoisotopic (exact) mass is 340 g/mol. The fourth-order valence-electron chi connectivity index (χ4n) is 3.24. The van der Waals surface area contributed by atoms with Gasteiger partial charge in [0.15, 0.2) is 5.60 Å². The number of aromatic nitrogens is 1. The van der Waals surface area contributed by atoms with Gasteiger partial charge in [0.25, 0.3) is 0 Å². The maximum atomic E-state index is 12.9. The molecule has 1 fully saturated rings. The van der Waals surface area contributed by atoms with Crippen molar-refractivity contribution in [3.8, 4) is 0 Å². The molecule has 1 aliphatic heterocycles. The van der Waals surface area contributed by atoms with E-state index in [0.717, 1.165) is 27.9 Å². The van der Waals surface area contributed by atoms with E-state index < -0.39 is 30.7 Å². The van der Waals surface area contributed by atoms with Crippen molar-refractivity contribution in [3.63, 3.8) is 0 Å². The maximum Gasteiger partial charge on any atom is 0.419 e. The Hall–Kier alpha value is -2.02. The summed E-state index contributed by atoms with van der Waals surface area (Å²) in [5.41, 5.74) is -1.00. The molecule has 1 aromatic carbocycles. The minimum Gasteiger partial charge on any atom is -0.379 e. The lowest BCUT2D eigenvalue weighted by Gasteiger charge is -2.25. The predicted molar refractivity (Wildman–Crippen MR) is 83.5 cm³/mol. The molecule has 1 saturated heterocycles. The van der Waals surface area contributed by atoms with Gasteiger partial charge in [0.05, 0.1) is 13.0 Å². The second-order valence-electron chi connectivity index (χ2n) is 6.23. The molecule has 0 spiro atoms. The van der Waals surface area contributed by atoms with Crippen LogP contribution in [0.4, 0.5) is 13.2 Å². The number of para-hydroxylation sites is 1. The zero-order valence-electron chi connectivity index (χ0n) is 13.3. The highest BCUT2D eigenvalue weighted by Gasteiger charge is 2.57. The number of β-amino-alcohol motifs (C(OH)–C–C–N with tert-alkyl or cyclic N) is 1. The van der Waals surface area contributed by atoms with E-state index in [1.54, 1.807) is 0 Å². The average Bonchev–Trinajstić information content (AvgIpc) is 3.09. The van der Waals surface area contributed by atoms with E-state index in [1.165, 1.54) is 0 Å². The molecule has 130 valence electrons. The first-order valence-electron chi connectivity index (χ1n) is 7.89. The standard InChI is InChI=1S/C17H19F3N2O2/c1-2-21-10-12(13-5-3-4-6-14(13)21)9-15(23)22-8-7-16(24,11-22)17(18,19)20/h3-6,10,24H,2,7-9,11H2,1H3/t16-/m0/s1. The molecule has 0 saturated carbocycles. The second-order valence-corrected chi connectivity index (χ2v) is 6.23. The van der Waals surface area contributed by atoms with Crippen LogP contribution in [0.1, 0.15) is 18.9 Å². The molecule has 1 amide bonds. The molecule has 0 bridgehead atoms. The van der Waals surface area contributed by atoms with Gasteiger partial charge in [-0.2, -0.15) is 13.2 Å². The summed E-state index contributed by atoms with van der Waals surface area (Å²) in [4.78, 5) is 13.5. The first-order valence-corrected chi connectivity index (χ1v) is 7.89. The topological polar surface area (TPSA) is 45.5 Å². The van der Waals surface area contributed by atoms with E-state index in [1.807, 2.05) is 42.0 Å². The zero-order valence-corrected chi connectivity index (χ0v) is 13.3. The predicted octanol–water partition coefficient (Wildman–Crippen LogP) is 2.73. The fraction of sp³-hybridized carbons (Fsp3) is 0.471. The largest absolute Gasteiger partial charge is 0.419 e. The van der Waals surface area contributed by atoms with Crippen LogP contribution in [0.25, 0.3) is 10.9 Å². The van der Waals surface area contributed by atoms with Gasteiger partial charge >= 0.3 is 6.18 Å². The number of amides is 1. The maximum absolute atomic E-state index is 12.9. The van der Waals surface area contributed by atoms with Crippen molar-refractivity contribution in [1.82, 2.24) is 9.47 Å². The average molecular weight is 340 g/mol. The summed E-state index contributed by atoms with van der Waals surface area (Å²) in [5, 5.41) is 10.6. The number of alkyl halides is 3. The number of aliphatic hydroxyl groups is 1. The first-order chi connectivity index (χ1) is 11.2. The normalized spacial score (nSPS) is 21.6. The lowest BCUT2D eigenvalue weighted by Crippen LogP contribution is -2.48. The third-order valence-corrected chi connectivity index (χ3v) is 4.68. The number of halogens is 3. The van der Waals surface area contributed by atoms with Crippen LogP contribution in [0, 0.1) is 0 Å². The number of carbonyl (C=O) groups excluding carboxylic acids is 1. The van der Waals surface area contributed by atoms with Crippen LogP contribution in [0.5, 0.6) is 0 Å². The van der Waals surface area contributed by atoms with Gasteiger partial charge in [0, 0.05) is 36.6 Å². The van der Waals surface area contributed by atoms with Crippen LogP contribution in [0.2, 0.25) is 0 Å². The van der Waals surface area contributed by atoms with Crippen LogP contribution in [0.15, 0.2) is 30.5 Å². The fourth-order valence-corrected chi connectivity index (χ4v) is 3.24. The van der Waals surface area contributed by atoms with E-state index in [-0.39, 0.29) is 13.0 Å². The minimum absolute atomic E-state index is 0.0292. The Bertz CT molecular complexity index is 769. The number of nitrogens with zero attached hydrogens (tertiary/aromatic N) is 2. The number of hydrogen-bond donors (Lipinski definition) is 1. The zero-order chi connectivity index (χ0) is 17.5. The Morgan fingerprint density at radius 2 is 2.04 bits per heavy atom. The van der Waals surface area contributed by atoms with E-state index in [4.69, 9.17) is 0 Å². The van der Waals surface area contributed by atoms with Gasteiger partial charge in [-0.25, -0.2) is 0 Å². The van der Waals surface area contributed by atoms with E-state index in [0.29, 0.717) is 0 Å². The minimum atomic E-state index is -4.72. The van der Waals surface area contributed by atoms with Crippen molar-refractivity contribution < 1.29 is 23.1 Å². The molecule has 2 heterocycles. The summed E-state index contributed by atoms with van der Waals surface area (Å²) in [6.45, 7) is 1.96. The Labute approximate surface area is 137 Å². The Kier molecular flexibility index (Phi) is 4.07. The van der Waals surface area contributed by atoms with Crippen molar-refractivity contribution in [1.29, 1.82) is 0 Å². The molecule has 2 aromatic rings. The molecule has 1 N–H and O–H groups in total. The van der Waals surface area contributed by atoms with E-state index in [2.05, 4.69) is 0 Å². The molecule has 24 heavy (non-hydrogen) atoms. The molecule has 3 rings (SSSR count). The lowest BCUT2D eigenvalue weighted by atomic mass is 10.0. The quantitative estimate of drug-likeness (QED) is 0.934. The van der Waals surface area contributed by atoms with E-state index in [9.17, 15) is 23.1 Å². The van der Waals surface area contributed by atoms with Crippen LogP contribution < -0.4 is 0 Å². The SMILES string of the molecule is CCn1cc(CC(=O)N2CC[C@@](O)(C(F)(F)F)C2)c2ccccc21. The molecular formula is C17H19F3N2O2. The highest BCUT2D eigenvalue weighted by Crippen LogP contribution is 2.37. The lowest BCUT2D eigenvalue weighted by molar-refractivity contribution is -0.253. The molecule has 0 aliphatic carbocycles. The number of benzene rings is 1. The number of aryl methyl sites for hydroxylation is 1. The van der Waals surface area contributed by atoms with Crippen molar-refractivity contribution in [2.24, 2.45) is 0 Å². The first kappa shape index (κ1) is 16.8. The van der Waals surface area contributed by atoms with Gasteiger partial charge in [0.2, 0.25) is 5.91 Å². The molecule has 1 atom stereocenters. The van der Waals surface area contributed by atoms with Crippen molar-refractivity contribution >= 4 is 16.8 Å². The van der Waals surface area contributed by atoms with Crippen LogP contribution >= 0.6 is 0 Å².